The Bertz CT molecular complexity index is 613. The summed E-state index contributed by atoms with van der Waals surface area (Å²) in [4.78, 5) is 10.6. The zero-order valence-electron chi connectivity index (χ0n) is 10.3. The average Bonchev–Trinajstić information content (AvgIpc) is 2.41. The van der Waals surface area contributed by atoms with E-state index in [1.165, 1.54) is 6.07 Å². The molecule has 19 heavy (non-hydrogen) atoms. The van der Waals surface area contributed by atoms with Gasteiger partial charge in [0.25, 0.3) is 0 Å². The Labute approximate surface area is 115 Å². The lowest BCUT2D eigenvalue weighted by molar-refractivity contribution is -0.385. The molecule has 0 saturated heterocycles. The lowest BCUT2D eigenvalue weighted by atomic mass is 10.2. The summed E-state index contributed by atoms with van der Waals surface area (Å²) in [6, 6.07) is 12.0. The van der Waals surface area contributed by atoms with E-state index in [4.69, 9.17) is 16.3 Å². The number of hydrogen-bond acceptors (Lipinski definition) is 3. The first-order valence-corrected chi connectivity index (χ1v) is 6.22. The number of nitro groups is 1. The van der Waals surface area contributed by atoms with E-state index in [-0.39, 0.29) is 17.3 Å². The van der Waals surface area contributed by atoms with Crippen LogP contribution in [-0.4, -0.2) is 4.92 Å². The van der Waals surface area contributed by atoms with Crippen molar-refractivity contribution in [2.75, 3.05) is 0 Å². The lowest BCUT2D eigenvalue weighted by Gasteiger charge is -2.11. The fourth-order valence-electron chi connectivity index (χ4n) is 1.74. The van der Waals surface area contributed by atoms with Crippen molar-refractivity contribution in [3.8, 4) is 11.5 Å². The van der Waals surface area contributed by atoms with Crippen LogP contribution in [0.2, 0.25) is 0 Å². The van der Waals surface area contributed by atoms with Crippen molar-refractivity contribution in [1.82, 2.24) is 0 Å². The maximum absolute atomic E-state index is 11.0. The molecule has 2 aromatic carbocycles. The minimum absolute atomic E-state index is 0.0515. The maximum atomic E-state index is 11.0. The second-order valence-electron chi connectivity index (χ2n) is 4.02. The van der Waals surface area contributed by atoms with Crippen molar-refractivity contribution in [3.63, 3.8) is 0 Å². The van der Waals surface area contributed by atoms with Gasteiger partial charge in [-0.1, -0.05) is 30.3 Å². The summed E-state index contributed by atoms with van der Waals surface area (Å²) < 4.78 is 5.70. The molecule has 0 atom stereocenters. The van der Waals surface area contributed by atoms with Crippen LogP contribution in [0, 0.1) is 17.0 Å². The van der Waals surface area contributed by atoms with Crippen molar-refractivity contribution in [3.05, 3.63) is 63.7 Å². The van der Waals surface area contributed by atoms with Crippen molar-refractivity contribution < 1.29 is 9.66 Å². The molecule has 2 rings (SSSR count). The topological polar surface area (TPSA) is 52.4 Å². The molecule has 98 valence electrons. The van der Waals surface area contributed by atoms with E-state index in [2.05, 4.69) is 0 Å². The second-order valence-corrected chi connectivity index (χ2v) is 4.29. The molecule has 0 amide bonds. The van der Waals surface area contributed by atoms with Gasteiger partial charge in [-0.15, -0.1) is 11.6 Å². The van der Waals surface area contributed by atoms with Crippen molar-refractivity contribution in [1.29, 1.82) is 0 Å². The van der Waals surface area contributed by atoms with Gasteiger partial charge < -0.3 is 4.74 Å². The first kappa shape index (κ1) is 13.4. The Hall–Kier alpha value is -2.07. The highest BCUT2D eigenvalue weighted by molar-refractivity contribution is 6.17. The van der Waals surface area contributed by atoms with E-state index in [9.17, 15) is 10.1 Å². The largest absolute Gasteiger partial charge is 0.450 e. The highest BCUT2D eigenvalue weighted by Gasteiger charge is 2.18. The smallest absolute Gasteiger partial charge is 0.311 e. The molecule has 0 aliphatic carbocycles. The zero-order valence-corrected chi connectivity index (χ0v) is 11.1. The molecule has 0 radical (unpaired) electrons. The number of aryl methyl sites for hydroxylation is 1. The van der Waals surface area contributed by atoms with Gasteiger partial charge in [-0.3, -0.25) is 10.1 Å². The quantitative estimate of drug-likeness (QED) is 0.472. The van der Waals surface area contributed by atoms with E-state index in [0.29, 0.717) is 11.3 Å². The Morgan fingerprint density at radius 2 is 1.95 bits per heavy atom. The molecule has 0 saturated carbocycles. The maximum Gasteiger partial charge on any atom is 0.311 e. The van der Waals surface area contributed by atoms with Gasteiger partial charge in [0, 0.05) is 11.6 Å². The third-order valence-electron chi connectivity index (χ3n) is 2.72. The Balaban J connectivity index is 2.46. The summed E-state index contributed by atoms with van der Waals surface area (Å²) in [6.07, 6.45) is 0. The Morgan fingerprint density at radius 1 is 1.21 bits per heavy atom. The number of alkyl halides is 1. The van der Waals surface area contributed by atoms with Crippen LogP contribution in [0.3, 0.4) is 0 Å². The molecule has 0 spiro atoms. The van der Waals surface area contributed by atoms with E-state index >= 15 is 0 Å². The minimum Gasteiger partial charge on any atom is -0.450 e. The summed E-state index contributed by atoms with van der Waals surface area (Å²) in [5, 5.41) is 11.0. The first-order chi connectivity index (χ1) is 9.13. The molecule has 0 aliphatic heterocycles. The SMILES string of the molecule is Cc1cccc([N+](=O)[O-])c1Oc1ccccc1CCl. The molecule has 0 N–H and O–H groups in total. The number of nitrogens with zero attached hydrogens (tertiary/aromatic N) is 1. The zero-order chi connectivity index (χ0) is 13.8. The summed E-state index contributed by atoms with van der Waals surface area (Å²) in [5.74, 6) is 1.08. The number of halogens is 1. The second kappa shape index (κ2) is 5.71. The normalized spacial score (nSPS) is 10.2. The number of rotatable bonds is 4. The average molecular weight is 278 g/mol. The van der Waals surface area contributed by atoms with Crippen molar-refractivity contribution in [2.45, 2.75) is 12.8 Å². The highest BCUT2D eigenvalue weighted by Crippen LogP contribution is 2.35. The minimum atomic E-state index is -0.453. The summed E-state index contributed by atoms with van der Waals surface area (Å²) in [6.45, 7) is 1.77. The summed E-state index contributed by atoms with van der Waals surface area (Å²) >= 11 is 5.83. The predicted octanol–water partition coefficient (Wildman–Crippen LogP) is 4.43. The monoisotopic (exact) mass is 277 g/mol. The molecular formula is C14H12ClNO3. The third-order valence-corrected chi connectivity index (χ3v) is 3.00. The van der Waals surface area contributed by atoms with Crippen LogP contribution >= 0.6 is 11.6 Å². The predicted molar refractivity (Wildman–Crippen MR) is 73.9 cm³/mol. The molecule has 0 aliphatic rings. The van der Waals surface area contributed by atoms with E-state index in [1.807, 2.05) is 12.1 Å². The van der Waals surface area contributed by atoms with Crippen LogP contribution in [0.4, 0.5) is 5.69 Å². The summed E-state index contributed by atoms with van der Waals surface area (Å²) in [5.41, 5.74) is 1.45. The lowest BCUT2D eigenvalue weighted by Crippen LogP contribution is -1.97. The van der Waals surface area contributed by atoms with Gasteiger partial charge in [0.2, 0.25) is 5.75 Å². The number of ether oxygens (including phenoxy) is 1. The van der Waals surface area contributed by atoms with Crippen LogP contribution in [0.5, 0.6) is 11.5 Å². The van der Waals surface area contributed by atoms with Gasteiger partial charge in [0.15, 0.2) is 0 Å². The van der Waals surface area contributed by atoms with Gasteiger partial charge in [-0.05, 0) is 18.6 Å². The van der Waals surface area contributed by atoms with Crippen LogP contribution in [0.25, 0.3) is 0 Å². The molecule has 2 aromatic rings. The van der Waals surface area contributed by atoms with Gasteiger partial charge in [0.05, 0.1) is 10.8 Å². The van der Waals surface area contributed by atoms with Gasteiger partial charge in [-0.2, -0.15) is 0 Å². The van der Waals surface area contributed by atoms with Crippen LogP contribution in [0.15, 0.2) is 42.5 Å². The number of nitro benzene ring substituents is 1. The van der Waals surface area contributed by atoms with Gasteiger partial charge >= 0.3 is 5.69 Å². The standard InChI is InChI=1S/C14H12ClNO3/c1-10-5-4-7-12(16(17)18)14(10)19-13-8-3-2-6-11(13)9-15/h2-8H,9H2,1H3. The Morgan fingerprint density at radius 3 is 2.63 bits per heavy atom. The molecule has 0 heterocycles. The molecule has 0 bridgehead atoms. The van der Waals surface area contributed by atoms with Gasteiger partial charge in [0.1, 0.15) is 5.75 Å². The third kappa shape index (κ3) is 2.85. The van der Waals surface area contributed by atoms with E-state index in [0.717, 1.165) is 5.56 Å². The fourth-order valence-corrected chi connectivity index (χ4v) is 1.96. The van der Waals surface area contributed by atoms with E-state index < -0.39 is 4.92 Å². The number of para-hydroxylation sites is 2. The van der Waals surface area contributed by atoms with E-state index in [1.54, 1.807) is 31.2 Å². The van der Waals surface area contributed by atoms with Crippen LogP contribution in [-0.2, 0) is 5.88 Å². The van der Waals surface area contributed by atoms with Crippen molar-refractivity contribution >= 4 is 17.3 Å². The molecule has 4 nitrogen and oxygen atoms in total. The Kier molecular flexibility index (Phi) is 4.02. The molecule has 0 unspecified atom stereocenters. The first-order valence-electron chi connectivity index (χ1n) is 5.69. The highest BCUT2D eigenvalue weighted by atomic mass is 35.5. The van der Waals surface area contributed by atoms with Crippen molar-refractivity contribution in [2.24, 2.45) is 0 Å². The fraction of sp³-hybridized carbons (Fsp3) is 0.143. The summed E-state index contributed by atoms with van der Waals surface area (Å²) in [7, 11) is 0. The molecule has 5 heteroatoms. The van der Waals surface area contributed by atoms with Crippen LogP contribution < -0.4 is 4.74 Å². The molecule has 0 aromatic heterocycles. The number of benzene rings is 2. The molecular weight excluding hydrogens is 266 g/mol. The number of hydrogen-bond donors (Lipinski definition) is 0. The van der Waals surface area contributed by atoms with Gasteiger partial charge in [-0.25, -0.2) is 0 Å². The van der Waals surface area contributed by atoms with Crippen LogP contribution in [0.1, 0.15) is 11.1 Å². The molecule has 0 fully saturated rings.